The van der Waals surface area contributed by atoms with Crippen LogP contribution in [-0.2, 0) is 46.2 Å². The van der Waals surface area contributed by atoms with Crippen molar-refractivity contribution in [3.63, 3.8) is 0 Å². The van der Waals surface area contributed by atoms with Crippen LogP contribution in [0.5, 0.6) is 11.5 Å². The topological polar surface area (TPSA) is 192 Å². The van der Waals surface area contributed by atoms with Crippen LogP contribution in [0.2, 0.25) is 0 Å². The average Bonchev–Trinajstić information content (AvgIpc) is 4.17. The van der Waals surface area contributed by atoms with E-state index in [4.69, 9.17) is 23.0 Å². The zero-order chi connectivity index (χ0) is 54.3. The van der Waals surface area contributed by atoms with Crippen molar-refractivity contribution in [2.75, 3.05) is 31.3 Å². The molecule has 5 aromatic carbocycles. The second-order valence-corrected chi connectivity index (χ2v) is 18.1. The minimum Gasteiger partial charge on any atom is -0.493 e. The number of hydrogen-bond donors (Lipinski definition) is 2. The molecule has 398 valence electrons. The standard InChI is InChI=1S/C30H30N2O5.C29H27F3N4O4/c1-3-35-30(34)27(31-28(33)23-10-6-4-7-11-23)20-22-14-16-25(17-15-22)36-19-18-26-21(2)37-29(32-26)24-12-8-5-9-13-24;1-18-24(34-26(40-18)20-5-3-2-4-6-20)12-14-39-23-9-7-19(8-10-23)15-22-16-21(27(37)38)17-36(22)28-33-13-11-25(35-28)29(30,31)32/h4-17,27H,3,18-20H2,1-2H3,(H,31,33);2-11,13,21-22H,12,14-17H2,1H3,(H,37,38)/t27-;21-,22+/m01/s1. The van der Waals surface area contributed by atoms with Gasteiger partial charge in [-0.05, 0) is 111 Å². The molecule has 2 N–H and O–H groups in total. The summed E-state index contributed by atoms with van der Waals surface area (Å²) >= 11 is 0. The molecule has 77 heavy (non-hydrogen) atoms. The predicted octanol–water partition coefficient (Wildman–Crippen LogP) is 10.8. The summed E-state index contributed by atoms with van der Waals surface area (Å²) in [6, 6.07) is 42.7. The van der Waals surface area contributed by atoms with E-state index in [2.05, 4.69) is 25.3 Å². The number of esters is 1. The third-order valence-corrected chi connectivity index (χ3v) is 12.7. The number of rotatable bonds is 20. The second-order valence-electron chi connectivity index (χ2n) is 18.1. The quantitative estimate of drug-likeness (QED) is 0.0685. The minimum absolute atomic E-state index is 0.0377. The molecule has 1 aliphatic heterocycles. The molecular weight excluding hydrogens is 994 g/mol. The number of aromatic nitrogens is 4. The Kier molecular flexibility index (Phi) is 18.1. The number of halogens is 3. The van der Waals surface area contributed by atoms with Crippen molar-refractivity contribution < 1.29 is 55.7 Å². The molecule has 1 saturated heterocycles. The first-order valence-corrected chi connectivity index (χ1v) is 25.1. The maximum absolute atomic E-state index is 13.2. The maximum Gasteiger partial charge on any atom is 0.433 e. The number of nitrogens with one attached hydrogen (secondary N) is 1. The number of alkyl halides is 3. The Balaban J connectivity index is 0.000000204. The fourth-order valence-electron chi connectivity index (χ4n) is 8.66. The molecule has 0 saturated carbocycles. The summed E-state index contributed by atoms with van der Waals surface area (Å²) in [5.74, 6) is 1.41. The molecule has 0 aliphatic carbocycles. The third kappa shape index (κ3) is 15.0. The monoisotopic (exact) mass is 1050 g/mol. The van der Waals surface area contributed by atoms with Crippen LogP contribution in [0.1, 0.15) is 63.4 Å². The number of carbonyl (C=O) groups excluding carboxylic acids is 2. The Morgan fingerprint density at radius 1 is 0.714 bits per heavy atom. The molecule has 0 radical (unpaired) electrons. The first-order chi connectivity index (χ1) is 37.2. The van der Waals surface area contributed by atoms with Gasteiger partial charge in [-0.3, -0.25) is 9.59 Å². The lowest BCUT2D eigenvalue weighted by molar-refractivity contribution is -0.145. The zero-order valence-corrected chi connectivity index (χ0v) is 42.6. The van der Waals surface area contributed by atoms with E-state index in [1.165, 1.54) is 0 Å². The number of oxazole rings is 2. The van der Waals surface area contributed by atoms with Crippen LogP contribution in [0.3, 0.4) is 0 Å². The van der Waals surface area contributed by atoms with Gasteiger partial charge in [0.1, 0.15) is 34.8 Å². The number of aryl methyl sites for hydroxylation is 2. The number of ether oxygens (including phenoxy) is 3. The number of aliphatic carboxylic acids is 1. The van der Waals surface area contributed by atoms with E-state index in [1.54, 1.807) is 36.1 Å². The predicted molar refractivity (Wildman–Crippen MR) is 280 cm³/mol. The Morgan fingerprint density at radius 2 is 1.23 bits per heavy atom. The highest BCUT2D eigenvalue weighted by atomic mass is 19.4. The number of hydrogen-bond acceptors (Lipinski definition) is 13. The number of carboxylic acid groups (broad SMARTS) is 1. The van der Waals surface area contributed by atoms with Gasteiger partial charge in [0, 0.05) is 54.7 Å². The molecule has 15 nitrogen and oxygen atoms in total. The average molecular weight is 1050 g/mol. The fourth-order valence-corrected chi connectivity index (χ4v) is 8.66. The summed E-state index contributed by atoms with van der Waals surface area (Å²) in [4.78, 5) is 55.2. The molecule has 1 aliphatic rings. The number of nitrogens with zero attached hydrogens (tertiary/aromatic N) is 5. The Morgan fingerprint density at radius 3 is 1.74 bits per heavy atom. The van der Waals surface area contributed by atoms with Crippen LogP contribution < -0.4 is 19.7 Å². The Labute approximate surface area is 443 Å². The van der Waals surface area contributed by atoms with Gasteiger partial charge in [-0.2, -0.15) is 13.2 Å². The van der Waals surface area contributed by atoms with Gasteiger partial charge in [0.25, 0.3) is 5.91 Å². The van der Waals surface area contributed by atoms with E-state index >= 15 is 0 Å². The van der Waals surface area contributed by atoms with Crippen molar-refractivity contribution in [1.82, 2.24) is 25.3 Å². The van der Waals surface area contributed by atoms with Crippen LogP contribution in [0, 0.1) is 19.8 Å². The molecule has 3 atom stereocenters. The molecule has 0 unspecified atom stereocenters. The largest absolute Gasteiger partial charge is 0.493 e. The van der Waals surface area contributed by atoms with E-state index in [9.17, 15) is 32.7 Å². The number of anilines is 1. The Bertz CT molecular complexity index is 3190. The summed E-state index contributed by atoms with van der Waals surface area (Å²) in [7, 11) is 0. The lowest BCUT2D eigenvalue weighted by Gasteiger charge is -2.25. The van der Waals surface area contributed by atoms with Gasteiger partial charge in [-0.25, -0.2) is 24.7 Å². The van der Waals surface area contributed by atoms with Crippen LogP contribution in [0.4, 0.5) is 19.1 Å². The lowest BCUT2D eigenvalue weighted by Crippen LogP contribution is -2.43. The molecule has 0 bridgehead atoms. The normalized spacial score (nSPS) is 14.5. The molecule has 8 aromatic rings. The smallest absolute Gasteiger partial charge is 0.433 e. The molecule has 9 rings (SSSR count). The second kappa shape index (κ2) is 25.6. The Hall–Kier alpha value is -8.80. The maximum atomic E-state index is 13.2. The van der Waals surface area contributed by atoms with E-state index < -0.39 is 35.8 Å². The van der Waals surface area contributed by atoms with Gasteiger partial charge in [0.05, 0.1) is 37.1 Å². The van der Waals surface area contributed by atoms with Crippen LogP contribution in [0.15, 0.2) is 161 Å². The first kappa shape index (κ1) is 54.5. The highest BCUT2D eigenvalue weighted by Crippen LogP contribution is 2.33. The molecule has 1 amide bonds. The van der Waals surface area contributed by atoms with Gasteiger partial charge >= 0.3 is 18.1 Å². The number of carbonyl (C=O) groups is 3. The highest BCUT2D eigenvalue weighted by Gasteiger charge is 2.39. The minimum atomic E-state index is -4.62. The summed E-state index contributed by atoms with van der Waals surface area (Å²) in [5.41, 5.74) is 4.72. The first-order valence-electron chi connectivity index (χ1n) is 25.1. The van der Waals surface area contributed by atoms with Crippen molar-refractivity contribution in [3.05, 3.63) is 197 Å². The number of amides is 1. The zero-order valence-electron chi connectivity index (χ0n) is 42.6. The molecule has 0 spiro atoms. The van der Waals surface area contributed by atoms with Gasteiger partial charge in [-0.15, -0.1) is 0 Å². The van der Waals surface area contributed by atoms with E-state index in [-0.39, 0.29) is 37.5 Å². The summed E-state index contributed by atoms with van der Waals surface area (Å²) in [6.07, 6.45) is -1.40. The molecule has 18 heteroatoms. The lowest BCUT2D eigenvalue weighted by atomic mass is 10.00. The fraction of sp³-hybridized carbons (Fsp3) is 0.271. The van der Waals surface area contributed by atoms with Crippen LogP contribution in [-0.4, -0.2) is 81.3 Å². The number of benzene rings is 5. The van der Waals surface area contributed by atoms with Crippen molar-refractivity contribution in [2.24, 2.45) is 5.92 Å². The summed E-state index contributed by atoms with van der Waals surface area (Å²) in [6.45, 7) is 6.62. The van der Waals surface area contributed by atoms with Gasteiger partial charge in [-0.1, -0.05) is 78.9 Å². The summed E-state index contributed by atoms with van der Waals surface area (Å²) in [5, 5.41) is 12.3. The molecular formula is C59H57F3N6O9. The van der Waals surface area contributed by atoms with Crippen LogP contribution >= 0.6 is 0 Å². The highest BCUT2D eigenvalue weighted by molar-refractivity contribution is 5.96. The third-order valence-electron chi connectivity index (χ3n) is 12.7. The van der Waals surface area contributed by atoms with E-state index in [0.717, 1.165) is 57.4 Å². The SMILES string of the molecule is CCOC(=O)[C@H](Cc1ccc(OCCc2nc(-c3ccccc3)oc2C)cc1)NC(=O)c1ccccc1.Cc1oc(-c2ccccc2)nc1CCOc1ccc(C[C@H]2C[C@@H](C(=O)O)CN2c2nccc(C(F)(F)F)n2)cc1. The van der Waals surface area contributed by atoms with E-state index in [0.29, 0.717) is 67.7 Å². The number of carboxylic acids is 1. The van der Waals surface area contributed by atoms with Crippen molar-refractivity contribution in [2.45, 2.75) is 71.1 Å². The molecule has 1 fully saturated rings. The van der Waals surface area contributed by atoms with Gasteiger partial charge in [0.15, 0.2) is 0 Å². The van der Waals surface area contributed by atoms with Gasteiger partial charge in [0.2, 0.25) is 17.7 Å². The van der Waals surface area contributed by atoms with Gasteiger partial charge < -0.3 is 38.4 Å². The van der Waals surface area contributed by atoms with Crippen molar-refractivity contribution in [3.8, 4) is 34.4 Å². The molecule has 3 aromatic heterocycles. The summed E-state index contributed by atoms with van der Waals surface area (Å²) < 4.78 is 68.2. The molecule has 4 heterocycles. The van der Waals surface area contributed by atoms with E-state index in [1.807, 2.05) is 129 Å². The van der Waals surface area contributed by atoms with Crippen molar-refractivity contribution in [1.29, 1.82) is 0 Å². The van der Waals surface area contributed by atoms with Crippen LogP contribution in [0.25, 0.3) is 22.9 Å². The van der Waals surface area contributed by atoms with Crippen molar-refractivity contribution >= 4 is 23.8 Å².